The van der Waals surface area contributed by atoms with Gasteiger partial charge in [-0.3, -0.25) is 4.40 Å². The van der Waals surface area contributed by atoms with E-state index in [1.807, 2.05) is 30.3 Å². The smallest absolute Gasteiger partial charge is 0.339 e. The lowest BCUT2D eigenvalue weighted by atomic mass is 10.3. The largest absolute Gasteiger partial charge is 0.486 e. The summed E-state index contributed by atoms with van der Waals surface area (Å²) in [7, 11) is 1.35. The van der Waals surface area contributed by atoms with Crippen LogP contribution >= 0.6 is 0 Å². The van der Waals surface area contributed by atoms with Gasteiger partial charge >= 0.3 is 5.97 Å². The topological polar surface area (TPSA) is 65.7 Å². The van der Waals surface area contributed by atoms with E-state index >= 15 is 0 Å². The Balaban J connectivity index is 1.86. The third kappa shape index (κ3) is 2.69. The van der Waals surface area contributed by atoms with E-state index in [4.69, 9.17) is 9.47 Å². The summed E-state index contributed by atoms with van der Waals surface area (Å²) in [6.07, 6.45) is 1.64. The molecule has 0 amide bonds. The minimum Gasteiger partial charge on any atom is -0.486 e. The molecule has 21 heavy (non-hydrogen) atoms. The van der Waals surface area contributed by atoms with Gasteiger partial charge in [0, 0.05) is 6.20 Å². The van der Waals surface area contributed by atoms with Crippen LogP contribution < -0.4 is 4.74 Å². The van der Waals surface area contributed by atoms with Gasteiger partial charge in [0.1, 0.15) is 12.4 Å². The number of aromatic nitrogens is 3. The number of para-hydroxylation sites is 1. The molecule has 0 aliphatic heterocycles. The molecule has 106 valence electrons. The number of fused-ring (bicyclic) bond motifs is 1. The van der Waals surface area contributed by atoms with Crippen molar-refractivity contribution in [3.8, 4) is 5.75 Å². The van der Waals surface area contributed by atoms with Gasteiger partial charge in [-0.15, -0.1) is 10.2 Å². The van der Waals surface area contributed by atoms with Crippen LogP contribution in [-0.2, 0) is 11.3 Å². The molecule has 6 heteroatoms. The molecular weight excluding hydrogens is 270 g/mol. The Morgan fingerprint density at radius 3 is 2.71 bits per heavy atom. The van der Waals surface area contributed by atoms with Gasteiger partial charge in [0.2, 0.25) is 0 Å². The Labute approximate surface area is 120 Å². The monoisotopic (exact) mass is 283 g/mol. The van der Waals surface area contributed by atoms with Crippen LogP contribution in [0.4, 0.5) is 0 Å². The molecule has 0 radical (unpaired) electrons. The highest BCUT2D eigenvalue weighted by Gasteiger charge is 2.11. The van der Waals surface area contributed by atoms with Gasteiger partial charge in [-0.1, -0.05) is 18.2 Å². The van der Waals surface area contributed by atoms with Crippen molar-refractivity contribution in [3.05, 3.63) is 60.0 Å². The van der Waals surface area contributed by atoms with Gasteiger partial charge in [0.25, 0.3) is 0 Å². The first kappa shape index (κ1) is 13.1. The Bertz CT molecular complexity index is 768. The van der Waals surface area contributed by atoms with E-state index in [0.29, 0.717) is 17.0 Å². The van der Waals surface area contributed by atoms with Crippen LogP contribution in [0.2, 0.25) is 0 Å². The zero-order valence-corrected chi connectivity index (χ0v) is 11.4. The Hall–Kier alpha value is -2.89. The number of nitrogens with zero attached hydrogens (tertiary/aromatic N) is 3. The van der Waals surface area contributed by atoms with Gasteiger partial charge in [-0.05, 0) is 24.3 Å². The first-order chi connectivity index (χ1) is 10.3. The average molecular weight is 283 g/mol. The maximum absolute atomic E-state index is 11.6. The lowest BCUT2D eigenvalue weighted by Gasteiger charge is -2.05. The summed E-state index contributed by atoms with van der Waals surface area (Å²) < 4.78 is 12.1. The van der Waals surface area contributed by atoms with Crippen molar-refractivity contribution >= 4 is 11.6 Å². The molecule has 0 bridgehead atoms. The molecule has 1 aromatic carbocycles. The number of carbonyl (C=O) groups is 1. The highest BCUT2D eigenvalue weighted by atomic mass is 16.5. The van der Waals surface area contributed by atoms with E-state index in [1.165, 1.54) is 7.11 Å². The fourth-order valence-electron chi connectivity index (χ4n) is 1.94. The van der Waals surface area contributed by atoms with E-state index in [0.717, 1.165) is 5.75 Å². The van der Waals surface area contributed by atoms with Crippen molar-refractivity contribution in [3.63, 3.8) is 0 Å². The minimum absolute atomic E-state index is 0.260. The summed E-state index contributed by atoms with van der Waals surface area (Å²) in [4.78, 5) is 11.6. The number of benzene rings is 1. The fraction of sp³-hybridized carbons (Fsp3) is 0.133. The second-order valence-corrected chi connectivity index (χ2v) is 4.36. The van der Waals surface area contributed by atoms with Crippen LogP contribution in [0.3, 0.4) is 0 Å². The number of rotatable bonds is 4. The molecule has 0 N–H and O–H groups in total. The number of pyridine rings is 1. The first-order valence-corrected chi connectivity index (χ1v) is 6.38. The minimum atomic E-state index is -0.402. The van der Waals surface area contributed by atoms with Crippen molar-refractivity contribution in [2.45, 2.75) is 6.61 Å². The predicted octanol–water partition coefficient (Wildman–Crippen LogP) is 2.09. The van der Waals surface area contributed by atoms with Crippen molar-refractivity contribution in [1.29, 1.82) is 0 Å². The summed E-state index contributed by atoms with van der Waals surface area (Å²) in [5.74, 6) is 0.957. The summed E-state index contributed by atoms with van der Waals surface area (Å²) in [5, 5.41) is 8.11. The normalized spacial score (nSPS) is 10.5. The van der Waals surface area contributed by atoms with E-state index in [-0.39, 0.29) is 6.61 Å². The Morgan fingerprint density at radius 1 is 1.14 bits per heavy atom. The molecule has 0 fully saturated rings. The molecule has 2 aromatic heterocycles. The molecule has 0 aliphatic carbocycles. The summed E-state index contributed by atoms with van der Waals surface area (Å²) in [6.45, 7) is 0.260. The Morgan fingerprint density at radius 2 is 1.95 bits per heavy atom. The molecule has 6 nitrogen and oxygen atoms in total. The summed E-state index contributed by atoms with van der Waals surface area (Å²) >= 11 is 0. The zero-order valence-electron chi connectivity index (χ0n) is 11.4. The second-order valence-electron chi connectivity index (χ2n) is 4.36. The summed E-state index contributed by atoms with van der Waals surface area (Å²) in [5.41, 5.74) is 1.08. The van der Waals surface area contributed by atoms with Crippen molar-refractivity contribution in [2.75, 3.05) is 7.11 Å². The van der Waals surface area contributed by atoms with Crippen molar-refractivity contribution in [2.24, 2.45) is 0 Å². The first-order valence-electron chi connectivity index (χ1n) is 6.38. The average Bonchev–Trinajstić information content (AvgIpc) is 2.95. The lowest BCUT2D eigenvalue weighted by molar-refractivity contribution is 0.0600. The van der Waals surface area contributed by atoms with Crippen LogP contribution in [-0.4, -0.2) is 27.7 Å². The number of esters is 1. The third-order valence-electron chi connectivity index (χ3n) is 3.01. The molecule has 3 aromatic rings. The molecule has 0 saturated heterocycles. The number of methoxy groups -OCH3 is 1. The quantitative estimate of drug-likeness (QED) is 0.686. The fourth-order valence-corrected chi connectivity index (χ4v) is 1.94. The molecule has 0 unspecified atom stereocenters. The molecule has 3 rings (SSSR count). The number of ether oxygens (including phenoxy) is 2. The molecule has 2 heterocycles. The second kappa shape index (κ2) is 5.62. The van der Waals surface area contributed by atoms with Gasteiger partial charge in [-0.25, -0.2) is 4.79 Å². The van der Waals surface area contributed by atoms with E-state index in [1.54, 1.807) is 22.7 Å². The van der Waals surface area contributed by atoms with Crippen molar-refractivity contribution in [1.82, 2.24) is 14.6 Å². The number of carbonyl (C=O) groups excluding carboxylic acids is 1. The number of hydrogen-bond acceptors (Lipinski definition) is 5. The van der Waals surface area contributed by atoms with Gasteiger partial charge < -0.3 is 9.47 Å². The van der Waals surface area contributed by atoms with Crippen LogP contribution in [0.1, 0.15) is 16.2 Å². The zero-order chi connectivity index (χ0) is 14.7. The van der Waals surface area contributed by atoms with Crippen LogP contribution in [0.5, 0.6) is 5.75 Å². The van der Waals surface area contributed by atoms with Gasteiger partial charge in [0.05, 0.1) is 12.7 Å². The highest BCUT2D eigenvalue weighted by molar-refractivity contribution is 5.89. The highest BCUT2D eigenvalue weighted by Crippen LogP contribution is 2.13. The molecule has 0 spiro atoms. The number of hydrogen-bond donors (Lipinski definition) is 0. The predicted molar refractivity (Wildman–Crippen MR) is 75.1 cm³/mol. The van der Waals surface area contributed by atoms with E-state index in [2.05, 4.69) is 10.2 Å². The van der Waals surface area contributed by atoms with Crippen LogP contribution in [0.15, 0.2) is 48.7 Å². The third-order valence-corrected chi connectivity index (χ3v) is 3.01. The molecule has 0 atom stereocenters. The maximum atomic E-state index is 11.6. The lowest BCUT2D eigenvalue weighted by Crippen LogP contribution is -2.05. The van der Waals surface area contributed by atoms with Gasteiger partial charge in [-0.2, -0.15) is 0 Å². The van der Waals surface area contributed by atoms with E-state index in [9.17, 15) is 4.79 Å². The standard InChI is InChI=1S/C15H13N3O3/c1-20-15(19)11-7-8-13-16-17-14(18(13)9-11)10-21-12-5-3-2-4-6-12/h2-9H,10H2,1H3. The molecule has 0 saturated carbocycles. The van der Waals surface area contributed by atoms with E-state index < -0.39 is 5.97 Å². The Kier molecular flexibility index (Phi) is 3.51. The van der Waals surface area contributed by atoms with Crippen molar-refractivity contribution < 1.29 is 14.3 Å². The summed E-state index contributed by atoms with van der Waals surface area (Å²) in [6, 6.07) is 12.8. The SMILES string of the molecule is COC(=O)c1ccc2nnc(COc3ccccc3)n2c1. The maximum Gasteiger partial charge on any atom is 0.339 e. The van der Waals surface area contributed by atoms with Crippen LogP contribution in [0.25, 0.3) is 5.65 Å². The molecular formula is C15H13N3O3. The van der Waals surface area contributed by atoms with Gasteiger partial charge in [0.15, 0.2) is 11.5 Å². The molecule has 0 aliphatic rings. The van der Waals surface area contributed by atoms with Crippen LogP contribution in [0, 0.1) is 0 Å².